The molecule has 0 aliphatic carbocycles. The average molecular weight is 541 g/mol. The molecule has 0 unspecified atom stereocenters. The molecule has 4 N–H and O–H groups in total. The van der Waals surface area contributed by atoms with E-state index in [-0.39, 0.29) is 21.6 Å². The predicted molar refractivity (Wildman–Crippen MR) is 150 cm³/mol. The molecule has 0 atom stereocenters. The van der Waals surface area contributed by atoms with Gasteiger partial charge < -0.3 is 15.0 Å². The molecule has 0 radical (unpaired) electrons. The molecular formula is C27H20N6O3S2. The molecule has 0 saturated heterocycles. The van der Waals surface area contributed by atoms with Crippen LogP contribution in [0.1, 0.15) is 11.1 Å². The molecule has 5 rings (SSSR count). The van der Waals surface area contributed by atoms with E-state index in [4.69, 9.17) is 17.4 Å². The molecule has 38 heavy (non-hydrogen) atoms. The number of hydrogen-bond acceptors (Lipinski definition) is 6. The van der Waals surface area contributed by atoms with Gasteiger partial charge in [-0.15, -0.1) is 10.2 Å². The minimum atomic E-state index is -3.81. The van der Waals surface area contributed by atoms with Gasteiger partial charge in [-0.1, -0.05) is 36.4 Å². The molecular weight excluding hydrogens is 520 g/mol. The van der Waals surface area contributed by atoms with Crippen LogP contribution in [0, 0.1) is 11.3 Å². The highest BCUT2D eigenvalue weighted by Gasteiger charge is 2.18. The van der Waals surface area contributed by atoms with E-state index in [1.54, 1.807) is 22.8 Å². The van der Waals surface area contributed by atoms with E-state index in [2.05, 4.69) is 27.7 Å². The SMILES string of the molecule is N#Cc1ccc2c(c1)c(N=NC(=S)Nc1ccc(S(N)(=O)=O)cc1)c(O)n2Cc1ccc2ccccc2c1. The Morgan fingerprint density at radius 2 is 1.76 bits per heavy atom. The van der Waals surface area contributed by atoms with Crippen LogP contribution >= 0.6 is 12.2 Å². The molecule has 0 bridgehead atoms. The second kappa shape index (κ2) is 10.0. The van der Waals surface area contributed by atoms with Crippen LogP contribution in [0.15, 0.2) is 100 Å². The Hall–Kier alpha value is -4.63. The van der Waals surface area contributed by atoms with E-state index in [1.165, 1.54) is 24.3 Å². The number of thiocarbonyl (C=S) groups is 1. The summed E-state index contributed by atoms with van der Waals surface area (Å²) in [5.74, 6) is -0.118. The van der Waals surface area contributed by atoms with E-state index in [0.29, 0.717) is 28.7 Å². The van der Waals surface area contributed by atoms with Crippen LogP contribution in [-0.4, -0.2) is 23.2 Å². The third-order valence-corrected chi connectivity index (χ3v) is 7.08. The molecule has 4 aromatic carbocycles. The molecule has 0 amide bonds. The third-order valence-electron chi connectivity index (χ3n) is 5.97. The maximum atomic E-state index is 11.4. The first-order valence-electron chi connectivity index (χ1n) is 11.3. The van der Waals surface area contributed by atoms with Crippen LogP contribution in [0.25, 0.3) is 21.7 Å². The summed E-state index contributed by atoms with van der Waals surface area (Å²) in [7, 11) is -3.81. The van der Waals surface area contributed by atoms with E-state index in [9.17, 15) is 18.8 Å². The molecule has 9 nitrogen and oxygen atoms in total. The predicted octanol–water partition coefficient (Wildman–Crippen LogP) is 5.55. The van der Waals surface area contributed by atoms with Crippen molar-refractivity contribution in [2.75, 3.05) is 5.32 Å². The molecule has 0 aliphatic rings. The Morgan fingerprint density at radius 1 is 1.03 bits per heavy atom. The number of nitriles is 1. The number of hydrogen-bond donors (Lipinski definition) is 3. The Bertz CT molecular complexity index is 1890. The smallest absolute Gasteiger partial charge is 0.238 e. The van der Waals surface area contributed by atoms with Gasteiger partial charge in [0.2, 0.25) is 21.0 Å². The first kappa shape index (κ1) is 25.0. The van der Waals surface area contributed by atoms with Gasteiger partial charge in [0.1, 0.15) is 0 Å². The molecule has 11 heteroatoms. The number of aromatic hydroxyl groups is 1. The summed E-state index contributed by atoms with van der Waals surface area (Å²) in [6, 6.07) is 27.0. The number of nitrogens with zero attached hydrogens (tertiary/aromatic N) is 4. The summed E-state index contributed by atoms with van der Waals surface area (Å²) in [6.07, 6.45) is 0. The van der Waals surface area contributed by atoms with Crippen molar-refractivity contribution in [3.8, 4) is 11.9 Å². The normalized spacial score (nSPS) is 11.7. The molecule has 0 aliphatic heterocycles. The second-order valence-electron chi connectivity index (χ2n) is 8.48. The van der Waals surface area contributed by atoms with Crippen LogP contribution in [0.2, 0.25) is 0 Å². The maximum absolute atomic E-state index is 11.4. The number of aromatic nitrogens is 1. The number of anilines is 1. The summed E-state index contributed by atoms with van der Waals surface area (Å²) in [4.78, 5) is -0.0342. The molecule has 0 spiro atoms. The van der Waals surface area contributed by atoms with Crippen molar-refractivity contribution in [2.45, 2.75) is 11.4 Å². The van der Waals surface area contributed by atoms with E-state index in [1.807, 2.05) is 36.4 Å². The van der Waals surface area contributed by atoms with Gasteiger partial charge in [-0.25, -0.2) is 13.6 Å². The van der Waals surface area contributed by atoms with Gasteiger partial charge in [-0.2, -0.15) is 5.26 Å². The Balaban J connectivity index is 1.46. The quantitative estimate of drug-likeness (QED) is 0.197. The highest BCUT2D eigenvalue weighted by Crippen LogP contribution is 2.40. The maximum Gasteiger partial charge on any atom is 0.238 e. The zero-order chi connectivity index (χ0) is 26.9. The lowest BCUT2D eigenvalue weighted by Crippen LogP contribution is -2.12. The lowest BCUT2D eigenvalue weighted by atomic mass is 10.1. The van der Waals surface area contributed by atoms with Gasteiger partial charge in [0, 0.05) is 11.1 Å². The van der Waals surface area contributed by atoms with Crippen LogP contribution in [0.4, 0.5) is 11.4 Å². The second-order valence-corrected chi connectivity index (χ2v) is 10.4. The van der Waals surface area contributed by atoms with Crippen LogP contribution in [-0.2, 0) is 16.6 Å². The lowest BCUT2D eigenvalue weighted by molar-refractivity contribution is 0.429. The minimum absolute atomic E-state index is 0.0142. The van der Waals surface area contributed by atoms with Crippen LogP contribution in [0.3, 0.4) is 0 Å². The standard InChI is InChI=1S/C27H20N6O3S2/c28-15-17-6-12-24-23(14-17)25(31-32-27(37)30-21-8-10-22(11-9-21)38(29,35)36)26(34)33(24)16-18-5-7-19-3-1-2-4-20(19)13-18/h1-14,34H,16H2,(H,30,37)(H2,29,35,36). The van der Waals surface area contributed by atoms with Crippen LogP contribution in [0.5, 0.6) is 5.88 Å². The van der Waals surface area contributed by atoms with Gasteiger partial charge >= 0.3 is 0 Å². The van der Waals surface area contributed by atoms with E-state index in [0.717, 1.165) is 16.3 Å². The number of nitrogens with one attached hydrogen (secondary N) is 1. The number of benzene rings is 4. The van der Waals surface area contributed by atoms with Gasteiger partial charge in [-0.3, -0.25) is 0 Å². The summed E-state index contributed by atoms with van der Waals surface area (Å²) in [5, 5.41) is 39.5. The average Bonchev–Trinajstić information content (AvgIpc) is 3.16. The van der Waals surface area contributed by atoms with E-state index >= 15 is 0 Å². The monoisotopic (exact) mass is 540 g/mol. The largest absolute Gasteiger partial charge is 0.493 e. The number of azo groups is 1. The first-order valence-corrected chi connectivity index (χ1v) is 13.3. The molecule has 1 heterocycles. The minimum Gasteiger partial charge on any atom is -0.493 e. The fourth-order valence-electron chi connectivity index (χ4n) is 4.14. The number of rotatable bonds is 5. The number of fused-ring (bicyclic) bond motifs is 2. The number of nitrogens with two attached hydrogens (primary N) is 1. The van der Waals surface area contributed by atoms with Gasteiger partial charge in [0.15, 0.2) is 5.69 Å². The zero-order valence-corrected chi connectivity index (χ0v) is 21.4. The van der Waals surface area contributed by atoms with Gasteiger partial charge in [0.25, 0.3) is 0 Å². The van der Waals surface area contributed by atoms with Gasteiger partial charge in [-0.05, 0) is 77.1 Å². The molecule has 0 fully saturated rings. The summed E-state index contributed by atoms with van der Waals surface area (Å²) in [6.45, 7) is 0.369. The summed E-state index contributed by atoms with van der Waals surface area (Å²) in [5.41, 5.74) is 2.72. The Kier molecular flexibility index (Phi) is 6.61. The van der Waals surface area contributed by atoms with Crippen molar-refractivity contribution in [1.29, 1.82) is 5.26 Å². The number of primary sulfonamides is 1. The summed E-state index contributed by atoms with van der Waals surface area (Å²) < 4.78 is 24.6. The molecule has 188 valence electrons. The highest BCUT2D eigenvalue weighted by molar-refractivity contribution is 7.89. The zero-order valence-electron chi connectivity index (χ0n) is 19.7. The fourth-order valence-corrected chi connectivity index (χ4v) is 4.82. The highest BCUT2D eigenvalue weighted by atomic mass is 32.2. The van der Waals surface area contributed by atoms with Crippen molar-refractivity contribution in [1.82, 2.24) is 4.57 Å². The van der Waals surface area contributed by atoms with E-state index < -0.39 is 10.0 Å². The Morgan fingerprint density at radius 3 is 2.47 bits per heavy atom. The summed E-state index contributed by atoms with van der Waals surface area (Å²) >= 11 is 5.26. The van der Waals surface area contributed by atoms with Crippen molar-refractivity contribution in [3.05, 3.63) is 96.1 Å². The van der Waals surface area contributed by atoms with Crippen LogP contribution < -0.4 is 10.5 Å². The third kappa shape index (κ3) is 5.09. The molecule has 5 aromatic rings. The topological polar surface area (TPSA) is 146 Å². The first-order chi connectivity index (χ1) is 18.2. The fraction of sp³-hybridized carbons (Fsp3) is 0.0370. The van der Waals surface area contributed by atoms with Crippen molar-refractivity contribution < 1.29 is 13.5 Å². The Labute approximate surface area is 223 Å². The van der Waals surface area contributed by atoms with Crippen molar-refractivity contribution in [3.63, 3.8) is 0 Å². The number of sulfonamides is 1. The van der Waals surface area contributed by atoms with Crippen molar-refractivity contribution >= 4 is 60.4 Å². The van der Waals surface area contributed by atoms with Gasteiger partial charge in [0.05, 0.1) is 28.6 Å². The van der Waals surface area contributed by atoms with Crippen molar-refractivity contribution in [2.24, 2.45) is 15.4 Å². The lowest BCUT2D eigenvalue weighted by Gasteiger charge is -2.08. The molecule has 0 saturated carbocycles. The molecule has 1 aromatic heterocycles.